The van der Waals surface area contributed by atoms with Gasteiger partial charge in [-0.1, -0.05) is 37.5 Å². The van der Waals surface area contributed by atoms with Crippen LogP contribution in [0.25, 0.3) is 0 Å². The molecular weight excluding hydrogens is 388 g/mol. The SMILES string of the molecule is C[C@@]12CCC(=O)N1[C@@H](C(=O)OCC(=O)N(c1ccccc1)C1CCCCC1)CS2. The molecule has 0 bridgehead atoms. The van der Waals surface area contributed by atoms with Crippen molar-refractivity contribution in [1.82, 2.24) is 4.90 Å². The first-order valence-corrected chi connectivity index (χ1v) is 11.5. The lowest BCUT2D eigenvalue weighted by atomic mass is 9.93. The van der Waals surface area contributed by atoms with Gasteiger partial charge in [-0.3, -0.25) is 9.59 Å². The quantitative estimate of drug-likeness (QED) is 0.689. The summed E-state index contributed by atoms with van der Waals surface area (Å²) in [6.45, 7) is 1.71. The van der Waals surface area contributed by atoms with Gasteiger partial charge >= 0.3 is 5.97 Å². The van der Waals surface area contributed by atoms with E-state index in [-0.39, 0.29) is 29.3 Å². The van der Waals surface area contributed by atoms with Crippen LogP contribution < -0.4 is 4.90 Å². The molecule has 0 spiro atoms. The Morgan fingerprint density at radius 3 is 2.66 bits per heavy atom. The lowest BCUT2D eigenvalue weighted by Gasteiger charge is -2.34. The van der Waals surface area contributed by atoms with Gasteiger partial charge in [0.1, 0.15) is 6.04 Å². The number of ether oxygens (including phenoxy) is 1. The third-order valence-electron chi connectivity index (χ3n) is 6.30. The normalized spacial score (nSPS) is 27.0. The first-order chi connectivity index (χ1) is 14.0. The van der Waals surface area contributed by atoms with Gasteiger partial charge in [-0.05, 0) is 38.3 Å². The van der Waals surface area contributed by atoms with E-state index in [2.05, 4.69) is 0 Å². The summed E-state index contributed by atoms with van der Waals surface area (Å²) in [6.07, 6.45) is 6.57. The molecule has 0 aromatic heterocycles. The molecule has 2 saturated heterocycles. The lowest BCUT2D eigenvalue weighted by molar-refractivity contribution is -0.155. The number of fused-ring (bicyclic) bond motifs is 1. The Bertz CT molecular complexity index is 780. The predicted octanol–water partition coefficient (Wildman–Crippen LogP) is 3.35. The number of para-hydroxylation sites is 1. The average Bonchev–Trinajstić information content (AvgIpc) is 3.24. The maximum absolute atomic E-state index is 13.1. The number of hydrogen-bond acceptors (Lipinski definition) is 5. The number of rotatable bonds is 5. The van der Waals surface area contributed by atoms with Gasteiger partial charge in [0.15, 0.2) is 6.61 Å². The molecule has 6 nitrogen and oxygen atoms in total. The number of amides is 2. The van der Waals surface area contributed by atoms with Gasteiger partial charge in [0.25, 0.3) is 5.91 Å². The molecule has 156 valence electrons. The molecule has 0 unspecified atom stereocenters. The zero-order valence-corrected chi connectivity index (χ0v) is 17.7. The summed E-state index contributed by atoms with van der Waals surface area (Å²) in [5.74, 6) is -0.140. The average molecular weight is 417 g/mol. The number of thioether (sulfide) groups is 1. The summed E-state index contributed by atoms with van der Waals surface area (Å²) in [7, 11) is 0. The van der Waals surface area contributed by atoms with Gasteiger partial charge in [0.05, 0.1) is 4.87 Å². The van der Waals surface area contributed by atoms with Crippen LogP contribution in [-0.4, -0.2) is 52.0 Å². The molecule has 4 rings (SSSR count). The highest BCUT2D eigenvalue weighted by Crippen LogP contribution is 2.47. The van der Waals surface area contributed by atoms with Crippen LogP contribution in [0, 0.1) is 0 Å². The Balaban J connectivity index is 1.43. The standard InChI is InChI=1S/C22H28N2O4S/c1-22-13-12-19(25)24(22)18(15-29-22)21(27)28-14-20(26)23(16-8-4-2-5-9-16)17-10-6-3-7-11-17/h2,4-5,8-9,17-18H,3,6-7,10-15H2,1H3/t18-,22-/m1/s1. The van der Waals surface area contributed by atoms with Crippen LogP contribution in [0.15, 0.2) is 30.3 Å². The van der Waals surface area contributed by atoms with Gasteiger partial charge in [-0.15, -0.1) is 11.8 Å². The number of anilines is 1. The van der Waals surface area contributed by atoms with Crippen molar-refractivity contribution in [2.24, 2.45) is 0 Å². The first-order valence-electron chi connectivity index (χ1n) is 10.5. The molecule has 2 heterocycles. The molecule has 2 aliphatic heterocycles. The highest BCUT2D eigenvalue weighted by molar-refractivity contribution is 8.01. The number of carbonyl (C=O) groups is 3. The summed E-state index contributed by atoms with van der Waals surface area (Å²) in [6, 6.07) is 9.16. The number of carbonyl (C=O) groups excluding carboxylic acids is 3. The molecular formula is C22H28N2O4S. The smallest absolute Gasteiger partial charge is 0.330 e. The molecule has 1 aromatic rings. The molecule has 2 atom stereocenters. The molecule has 2 amide bonds. The molecule has 7 heteroatoms. The summed E-state index contributed by atoms with van der Waals surface area (Å²) < 4.78 is 5.45. The van der Waals surface area contributed by atoms with Crippen LogP contribution in [0.2, 0.25) is 0 Å². The number of hydrogen-bond donors (Lipinski definition) is 0. The Labute approximate surface area is 175 Å². The van der Waals surface area contributed by atoms with E-state index in [4.69, 9.17) is 4.74 Å². The van der Waals surface area contributed by atoms with Crippen molar-refractivity contribution in [3.63, 3.8) is 0 Å². The Hall–Kier alpha value is -2.02. The molecule has 29 heavy (non-hydrogen) atoms. The van der Waals surface area contributed by atoms with E-state index in [9.17, 15) is 14.4 Å². The number of benzene rings is 1. The zero-order valence-electron chi connectivity index (χ0n) is 16.8. The van der Waals surface area contributed by atoms with Crippen LogP contribution in [0.3, 0.4) is 0 Å². The Kier molecular flexibility index (Phi) is 5.86. The fraction of sp³-hybridized carbons (Fsp3) is 0.591. The van der Waals surface area contributed by atoms with E-state index in [1.165, 1.54) is 6.42 Å². The third-order valence-corrected chi connectivity index (χ3v) is 7.80. The van der Waals surface area contributed by atoms with Crippen molar-refractivity contribution in [3.8, 4) is 0 Å². The Morgan fingerprint density at radius 2 is 1.93 bits per heavy atom. The Morgan fingerprint density at radius 1 is 1.21 bits per heavy atom. The second kappa shape index (κ2) is 8.38. The highest BCUT2D eigenvalue weighted by atomic mass is 32.2. The van der Waals surface area contributed by atoms with Crippen LogP contribution in [0.1, 0.15) is 51.9 Å². The van der Waals surface area contributed by atoms with Gasteiger partial charge in [0.2, 0.25) is 5.91 Å². The van der Waals surface area contributed by atoms with E-state index in [0.29, 0.717) is 12.2 Å². The van der Waals surface area contributed by atoms with E-state index < -0.39 is 12.0 Å². The summed E-state index contributed by atoms with van der Waals surface area (Å²) in [5.41, 5.74) is 0.846. The van der Waals surface area contributed by atoms with Gasteiger partial charge in [-0.2, -0.15) is 0 Å². The predicted molar refractivity (Wildman–Crippen MR) is 112 cm³/mol. The monoisotopic (exact) mass is 416 g/mol. The van der Waals surface area contributed by atoms with Crippen LogP contribution in [0.4, 0.5) is 5.69 Å². The summed E-state index contributed by atoms with van der Waals surface area (Å²) in [4.78, 5) is 41.2. The molecule has 1 aliphatic carbocycles. The molecule has 1 aromatic carbocycles. The molecule has 3 fully saturated rings. The third kappa shape index (κ3) is 4.02. The van der Waals surface area contributed by atoms with Gasteiger partial charge in [0, 0.05) is 23.9 Å². The molecule has 3 aliphatic rings. The second-order valence-corrected chi connectivity index (χ2v) is 9.77. The zero-order chi connectivity index (χ0) is 20.4. The minimum absolute atomic E-state index is 0.00102. The topological polar surface area (TPSA) is 66.9 Å². The molecule has 1 saturated carbocycles. The lowest BCUT2D eigenvalue weighted by Crippen LogP contribution is -2.48. The van der Waals surface area contributed by atoms with Crippen molar-refractivity contribution in [2.45, 2.75) is 68.8 Å². The van der Waals surface area contributed by atoms with E-state index in [0.717, 1.165) is 37.8 Å². The minimum atomic E-state index is -0.590. The van der Waals surface area contributed by atoms with Crippen molar-refractivity contribution < 1.29 is 19.1 Å². The van der Waals surface area contributed by atoms with E-state index in [1.807, 2.05) is 37.3 Å². The van der Waals surface area contributed by atoms with Crippen molar-refractivity contribution in [3.05, 3.63) is 30.3 Å². The fourth-order valence-corrected chi connectivity index (χ4v) is 6.20. The highest BCUT2D eigenvalue weighted by Gasteiger charge is 2.53. The van der Waals surface area contributed by atoms with Crippen molar-refractivity contribution in [2.75, 3.05) is 17.3 Å². The largest absolute Gasteiger partial charge is 0.454 e. The van der Waals surface area contributed by atoms with Crippen LogP contribution >= 0.6 is 11.8 Å². The molecule has 0 N–H and O–H groups in total. The van der Waals surface area contributed by atoms with Crippen molar-refractivity contribution >= 4 is 35.2 Å². The van der Waals surface area contributed by atoms with E-state index in [1.54, 1.807) is 21.6 Å². The van der Waals surface area contributed by atoms with Crippen LogP contribution in [-0.2, 0) is 19.1 Å². The maximum atomic E-state index is 13.1. The van der Waals surface area contributed by atoms with Crippen molar-refractivity contribution in [1.29, 1.82) is 0 Å². The summed E-state index contributed by atoms with van der Waals surface area (Å²) >= 11 is 1.62. The van der Waals surface area contributed by atoms with Gasteiger partial charge < -0.3 is 14.5 Å². The minimum Gasteiger partial charge on any atom is -0.454 e. The van der Waals surface area contributed by atoms with E-state index >= 15 is 0 Å². The van der Waals surface area contributed by atoms with Crippen LogP contribution in [0.5, 0.6) is 0 Å². The van der Waals surface area contributed by atoms with Gasteiger partial charge in [-0.25, -0.2) is 4.79 Å². The summed E-state index contributed by atoms with van der Waals surface area (Å²) in [5, 5.41) is 0. The first kappa shape index (κ1) is 20.3. The maximum Gasteiger partial charge on any atom is 0.330 e. The number of nitrogens with zero attached hydrogens (tertiary/aromatic N) is 2. The molecule has 0 radical (unpaired) electrons. The second-order valence-electron chi connectivity index (χ2n) is 8.26. The fourth-order valence-electron chi connectivity index (χ4n) is 4.78. The number of esters is 1.